The highest BCUT2D eigenvalue weighted by Gasteiger charge is 2.25. The van der Waals surface area contributed by atoms with Gasteiger partial charge in [0.05, 0.1) is 30.9 Å². The minimum absolute atomic E-state index is 0.0113. The van der Waals surface area contributed by atoms with Crippen LogP contribution in [0, 0.1) is 5.82 Å². The van der Waals surface area contributed by atoms with Gasteiger partial charge in [0.2, 0.25) is 5.91 Å². The highest BCUT2D eigenvalue weighted by atomic mass is 19.1. The highest BCUT2D eigenvalue weighted by molar-refractivity contribution is 5.79. The molecule has 0 spiro atoms. The summed E-state index contributed by atoms with van der Waals surface area (Å²) >= 11 is 0. The molecule has 0 radical (unpaired) electrons. The molecular weight excluding hydrogens is 377 g/mol. The third-order valence-electron chi connectivity index (χ3n) is 5.12. The van der Waals surface area contributed by atoms with E-state index in [9.17, 15) is 4.79 Å². The van der Waals surface area contributed by atoms with Crippen molar-refractivity contribution in [3.63, 3.8) is 0 Å². The largest absolute Gasteiger partial charge is 0.487 e. The number of amides is 1. The van der Waals surface area contributed by atoms with E-state index in [-0.39, 0.29) is 29.9 Å². The van der Waals surface area contributed by atoms with Crippen LogP contribution in [0.5, 0.6) is 11.8 Å². The molecule has 0 aliphatic heterocycles. The summed E-state index contributed by atoms with van der Waals surface area (Å²) in [6.07, 6.45) is 3.39. The van der Waals surface area contributed by atoms with Crippen LogP contribution in [0.15, 0.2) is 12.1 Å². The van der Waals surface area contributed by atoms with Gasteiger partial charge >= 0.3 is 0 Å². The molecule has 1 aliphatic rings. The molecule has 0 unspecified atom stereocenters. The number of imidazole rings is 1. The summed E-state index contributed by atoms with van der Waals surface area (Å²) in [5, 5.41) is 2.81. The Balaban J connectivity index is 1.56. The summed E-state index contributed by atoms with van der Waals surface area (Å²) in [4.78, 5) is 15.4. The van der Waals surface area contributed by atoms with Crippen molar-refractivity contribution in [1.82, 2.24) is 14.9 Å². The number of benzene rings is 1. The molecule has 1 heterocycles. The van der Waals surface area contributed by atoms with Gasteiger partial charge in [0, 0.05) is 20.0 Å². The fourth-order valence-electron chi connectivity index (χ4n) is 3.73. The molecule has 1 fully saturated rings. The number of halogens is 1. The topological polar surface area (TPSA) is 74.6 Å². The van der Waals surface area contributed by atoms with Crippen molar-refractivity contribution in [1.29, 1.82) is 0 Å². The third-order valence-corrected chi connectivity index (χ3v) is 5.12. The van der Waals surface area contributed by atoms with Crippen molar-refractivity contribution in [3.8, 4) is 11.8 Å². The Morgan fingerprint density at radius 2 is 2.00 bits per heavy atom. The third kappa shape index (κ3) is 5.18. The van der Waals surface area contributed by atoms with Crippen molar-refractivity contribution in [3.05, 3.63) is 17.9 Å². The minimum Gasteiger partial charge on any atom is -0.487 e. The van der Waals surface area contributed by atoms with Gasteiger partial charge in [-0.1, -0.05) is 0 Å². The SMILES string of the molecule is CCOc1nc2ccc(OC3CCC(OC[C@H](C)NC(C)=O)CC3)c(F)c2n1C. The summed E-state index contributed by atoms with van der Waals surface area (Å²) in [6, 6.07) is 3.78. The lowest BCUT2D eigenvalue weighted by atomic mass is 9.95. The second-order valence-corrected chi connectivity index (χ2v) is 7.58. The van der Waals surface area contributed by atoms with E-state index in [1.807, 2.05) is 13.8 Å². The van der Waals surface area contributed by atoms with Crippen LogP contribution in [0.4, 0.5) is 4.39 Å². The van der Waals surface area contributed by atoms with E-state index in [4.69, 9.17) is 14.2 Å². The Bertz CT molecular complexity index is 846. The summed E-state index contributed by atoms with van der Waals surface area (Å²) in [5.41, 5.74) is 0.932. The van der Waals surface area contributed by atoms with Crippen LogP contribution in [0.1, 0.15) is 46.5 Å². The van der Waals surface area contributed by atoms with Gasteiger partial charge in [-0.25, -0.2) is 4.39 Å². The normalized spacial score (nSPS) is 20.4. The van der Waals surface area contributed by atoms with Gasteiger partial charge in [0.25, 0.3) is 6.01 Å². The molecular formula is C21H30FN3O4. The van der Waals surface area contributed by atoms with Gasteiger partial charge < -0.3 is 19.5 Å². The number of fused-ring (bicyclic) bond motifs is 1. The molecule has 8 heteroatoms. The lowest BCUT2D eigenvalue weighted by Crippen LogP contribution is -2.36. The Labute approximate surface area is 170 Å². The number of hydrogen-bond donors (Lipinski definition) is 1. The monoisotopic (exact) mass is 407 g/mol. The molecule has 1 amide bonds. The van der Waals surface area contributed by atoms with E-state index in [1.54, 1.807) is 23.7 Å². The lowest BCUT2D eigenvalue weighted by molar-refractivity contribution is -0.120. The second-order valence-electron chi connectivity index (χ2n) is 7.58. The Hall–Kier alpha value is -2.35. The molecule has 1 N–H and O–H groups in total. The summed E-state index contributed by atoms with van der Waals surface area (Å²) in [7, 11) is 1.73. The van der Waals surface area contributed by atoms with Crippen molar-refractivity contribution in [2.75, 3.05) is 13.2 Å². The number of aryl methyl sites for hydroxylation is 1. The molecule has 1 saturated carbocycles. The van der Waals surface area contributed by atoms with E-state index < -0.39 is 5.82 Å². The number of nitrogens with zero attached hydrogens (tertiary/aromatic N) is 2. The van der Waals surface area contributed by atoms with Gasteiger partial charge in [-0.2, -0.15) is 4.98 Å². The first-order valence-electron chi connectivity index (χ1n) is 10.2. The summed E-state index contributed by atoms with van der Waals surface area (Å²) in [5.74, 6) is -0.225. The molecule has 1 atom stereocenters. The molecule has 7 nitrogen and oxygen atoms in total. The molecule has 1 aliphatic carbocycles. The van der Waals surface area contributed by atoms with Gasteiger partial charge in [-0.15, -0.1) is 0 Å². The van der Waals surface area contributed by atoms with Crippen LogP contribution in [0.25, 0.3) is 11.0 Å². The van der Waals surface area contributed by atoms with Crippen LogP contribution in [0.3, 0.4) is 0 Å². The number of hydrogen-bond acceptors (Lipinski definition) is 5. The zero-order valence-electron chi connectivity index (χ0n) is 17.5. The predicted octanol–water partition coefficient (Wildman–Crippen LogP) is 3.34. The maximum atomic E-state index is 15.0. The first-order chi connectivity index (χ1) is 13.9. The lowest BCUT2D eigenvalue weighted by Gasteiger charge is -2.30. The molecule has 160 valence electrons. The molecule has 29 heavy (non-hydrogen) atoms. The number of nitrogens with one attached hydrogen (secondary N) is 1. The number of carbonyl (C=O) groups excluding carboxylic acids is 1. The fraction of sp³-hybridized carbons (Fsp3) is 0.619. The Morgan fingerprint density at radius 1 is 1.31 bits per heavy atom. The van der Waals surface area contributed by atoms with E-state index >= 15 is 4.39 Å². The fourth-order valence-corrected chi connectivity index (χ4v) is 3.73. The van der Waals surface area contributed by atoms with Crippen LogP contribution in [-0.4, -0.2) is 46.9 Å². The Kier molecular flexibility index (Phi) is 6.95. The quantitative estimate of drug-likeness (QED) is 0.726. The Morgan fingerprint density at radius 3 is 2.66 bits per heavy atom. The number of rotatable bonds is 8. The molecule has 3 rings (SSSR count). The average Bonchev–Trinajstić information content (AvgIpc) is 2.99. The van der Waals surface area contributed by atoms with Gasteiger partial charge in [-0.3, -0.25) is 9.36 Å². The van der Waals surface area contributed by atoms with Crippen LogP contribution in [0.2, 0.25) is 0 Å². The number of ether oxygens (including phenoxy) is 3. The molecule has 0 bridgehead atoms. The van der Waals surface area contributed by atoms with Crippen molar-refractivity contribution >= 4 is 16.9 Å². The van der Waals surface area contributed by atoms with Gasteiger partial charge in [-0.05, 0) is 51.7 Å². The van der Waals surface area contributed by atoms with Crippen molar-refractivity contribution < 1.29 is 23.4 Å². The first kappa shape index (κ1) is 21.4. The number of carbonyl (C=O) groups is 1. The average molecular weight is 407 g/mol. The summed E-state index contributed by atoms with van der Waals surface area (Å²) in [6.45, 7) is 6.24. The van der Waals surface area contributed by atoms with Crippen molar-refractivity contribution in [2.45, 2.75) is 64.7 Å². The maximum absolute atomic E-state index is 15.0. The number of aromatic nitrogens is 2. The molecule has 2 aromatic rings. The predicted molar refractivity (Wildman–Crippen MR) is 108 cm³/mol. The smallest absolute Gasteiger partial charge is 0.297 e. The first-order valence-corrected chi connectivity index (χ1v) is 10.2. The molecule has 1 aromatic carbocycles. The highest BCUT2D eigenvalue weighted by Crippen LogP contribution is 2.32. The molecule has 0 saturated heterocycles. The van der Waals surface area contributed by atoms with E-state index in [0.29, 0.717) is 30.3 Å². The van der Waals surface area contributed by atoms with Crippen LogP contribution in [-0.2, 0) is 16.6 Å². The zero-order valence-corrected chi connectivity index (χ0v) is 17.5. The standard InChI is InChI=1S/C21H30FN3O4/c1-5-27-21-24-17-10-11-18(19(22)20(17)25(21)4)29-16-8-6-15(7-9-16)28-12-13(2)23-14(3)26/h10-11,13,15-16H,5-9,12H2,1-4H3,(H,23,26)/t13-,15?,16?/m0/s1. The van der Waals surface area contributed by atoms with Crippen molar-refractivity contribution in [2.24, 2.45) is 7.05 Å². The molecule has 1 aromatic heterocycles. The second kappa shape index (κ2) is 9.43. The van der Waals surface area contributed by atoms with Crippen LogP contribution < -0.4 is 14.8 Å². The van der Waals surface area contributed by atoms with E-state index in [0.717, 1.165) is 25.7 Å². The van der Waals surface area contributed by atoms with E-state index in [2.05, 4.69) is 10.3 Å². The van der Waals surface area contributed by atoms with E-state index in [1.165, 1.54) is 6.92 Å². The minimum atomic E-state index is -0.411. The maximum Gasteiger partial charge on any atom is 0.297 e. The summed E-state index contributed by atoms with van der Waals surface area (Å²) < 4.78 is 34.0. The van der Waals surface area contributed by atoms with Crippen LogP contribution >= 0.6 is 0 Å². The van der Waals surface area contributed by atoms with Gasteiger partial charge in [0.15, 0.2) is 11.6 Å². The van der Waals surface area contributed by atoms with Gasteiger partial charge in [0.1, 0.15) is 5.52 Å². The zero-order chi connectivity index (χ0) is 21.0.